The third-order valence-corrected chi connectivity index (χ3v) is 2.66. The van der Waals surface area contributed by atoms with Crippen molar-refractivity contribution in [2.45, 2.75) is 26.6 Å². The zero-order chi connectivity index (χ0) is 12.1. The molecule has 4 heteroatoms. The Labute approximate surface area is 100 Å². The molecule has 3 nitrogen and oxygen atoms in total. The van der Waals surface area contributed by atoms with Gasteiger partial charge in [0.15, 0.2) is 0 Å². The van der Waals surface area contributed by atoms with E-state index in [1.165, 1.54) is 6.07 Å². The van der Waals surface area contributed by atoms with E-state index in [-0.39, 0.29) is 5.82 Å². The fourth-order valence-electron chi connectivity index (χ4n) is 1.76. The van der Waals surface area contributed by atoms with Crippen molar-refractivity contribution in [3.05, 3.63) is 53.9 Å². The number of hydrogen-bond donors (Lipinski definition) is 1. The molecule has 0 atom stereocenters. The standard InChI is InChI=1S/C13H16FN3/c1-2-17-10-16-9-13(17)8-15-7-11-4-3-5-12(14)6-11/h3-6,9-10,15H,2,7-8H2,1H3. The van der Waals surface area contributed by atoms with Gasteiger partial charge in [0.25, 0.3) is 0 Å². The highest BCUT2D eigenvalue weighted by Gasteiger charge is 2.00. The van der Waals surface area contributed by atoms with E-state index in [9.17, 15) is 4.39 Å². The summed E-state index contributed by atoms with van der Waals surface area (Å²) in [7, 11) is 0. The van der Waals surface area contributed by atoms with Gasteiger partial charge in [-0.05, 0) is 24.6 Å². The maximum atomic E-state index is 12.9. The minimum absolute atomic E-state index is 0.192. The van der Waals surface area contributed by atoms with Crippen molar-refractivity contribution in [1.29, 1.82) is 0 Å². The molecule has 1 aromatic heterocycles. The number of nitrogens with zero attached hydrogens (tertiary/aromatic N) is 2. The number of imidazole rings is 1. The van der Waals surface area contributed by atoms with E-state index < -0.39 is 0 Å². The highest BCUT2D eigenvalue weighted by Crippen LogP contribution is 2.04. The van der Waals surface area contributed by atoms with Crippen LogP contribution < -0.4 is 5.32 Å². The van der Waals surface area contributed by atoms with Crippen molar-refractivity contribution >= 4 is 0 Å². The van der Waals surface area contributed by atoms with E-state index in [1.54, 1.807) is 12.1 Å². The van der Waals surface area contributed by atoms with Crippen molar-refractivity contribution in [3.8, 4) is 0 Å². The summed E-state index contributed by atoms with van der Waals surface area (Å²) < 4.78 is 15.0. The molecule has 0 aliphatic heterocycles. The number of hydrogen-bond acceptors (Lipinski definition) is 2. The van der Waals surface area contributed by atoms with Gasteiger partial charge >= 0.3 is 0 Å². The van der Waals surface area contributed by atoms with Crippen LogP contribution in [0.1, 0.15) is 18.2 Å². The largest absolute Gasteiger partial charge is 0.334 e. The molecule has 0 saturated carbocycles. The summed E-state index contributed by atoms with van der Waals surface area (Å²) in [5, 5.41) is 3.28. The van der Waals surface area contributed by atoms with Crippen molar-refractivity contribution in [2.75, 3.05) is 0 Å². The molecule has 2 aromatic rings. The Hall–Kier alpha value is -1.68. The lowest BCUT2D eigenvalue weighted by molar-refractivity contribution is 0.611. The van der Waals surface area contributed by atoms with Crippen molar-refractivity contribution in [3.63, 3.8) is 0 Å². The van der Waals surface area contributed by atoms with E-state index in [1.807, 2.05) is 18.6 Å². The predicted molar refractivity (Wildman–Crippen MR) is 64.8 cm³/mol. The van der Waals surface area contributed by atoms with E-state index in [0.717, 1.165) is 24.3 Å². The fourth-order valence-corrected chi connectivity index (χ4v) is 1.76. The topological polar surface area (TPSA) is 29.9 Å². The van der Waals surface area contributed by atoms with Gasteiger partial charge in [-0.2, -0.15) is 0 Å². The summed E-state index contributed by atoms with van der Waals surface area (Å²) in [6, 6.07) is 6.63. The first-order valence-corrected chi connectivity index (χ1v) is 5.73. The first-order chi connectivity index (χ1) is 8.29. The van der Waals surface area contributed by atoms with Crippen LogP contribution in [0.25, 0.3) is 0 Å². The Bertz CT molecular complexity index is 479. The molecule has 17 heavy (non-hydrogen) atoms. The van der Waals surface area contributed by atoms with Crippen LogP contribution in [0.15, 0.2) is 36.8 Å². The molecule has 0 aliphatic carbocycles. The SMILES string of the molecule is CCn1cncc1CNCc1cccc(F)c1. The van der Waals surface area contributed by atoms with Crippen molar-refractivity contribution in [2.24, 2.45) is 0 Å². The fraction of sp³-hybridized carbons (Fsp3) is 0.308. The molecule has 0 radical (unpaired) electrons. The summed E-state index contributed by atoms with van der Waals surface area (Å²) in [5.74, 6) is -0.192. The minimum atomic E-state index is -0.192. The quantitative estimate of drug-likeness (QED) is 0.859. The Morgan fingerprint density at radius 2 is 2.24 bits per heavy atom. The molecule has 2 rings (SSSR count). The molecule has 0 bridgehead atoms. The number of aryl methyl sites for hydroxylation is 1. The van der Waals surface area contributed by atoms with Crippen LogP contribution in [0.5, 0.6) is 0 Å². The molecule has 0 unspecified atom stereocenters. The molecule has 1 aromatic carbocycles. The molecule has 1 heterocycles. The second-order valence-electron chi connectivity index (χ2n) is 3.90. The Morgan fingerprint density at radius 3 is 3.00 bits per heavy atom. The predicted octanol–water partition coefficient (Wildman–Crippen LogP) is 2.33. The molecule has 0 amide bonds. The van der Waals surface area contributed by atoms with Gasteiger partial charge in [0.2, 0.25) is 0 Å². The summed E-state index contributed by atoms with van der Waals surface area (Å²) in [5.41, 5.74) is 2.09. The molecular formula is C13H16FN3. The summed E-state index contributed by atoms with van der Waals surface area (Å²) >= 11 is 0. The highest BCUT2D eigenvalue weighted by molar-refractivity contribution is 5.16. The van der Waals surface area contributed by atoms with Crippen LogP contribution in [0.2, 0.25) is 0 Å². The number of halogens is 1. The average Bonchev–Trinajstić information content (AvgIpc) is 2.77. The summed E-state index contributed by atoms with van der Waals surface area (Å²) in [4.78, 5) is 4.10. The van der Waals surface area contributed by atoms with Crippen LogP contribution in [-0.4, -0.2) is 9.55 Å². The highest BCUT2D eigenvalue weighted by atomic mass is 19.1. The number of nitrogens with one attached hydrogen (secondary N) is 1. The lowest BCUT2D eigenvalue weighted by atomic mass is 10.2. The van der Waals surface area contributed by atoms with Gasteiger partial charge in [0.1, 0.15) is 5.82 Å². The number of aromatic nitrogens is 2. The summed E-state index contributed by atoms with van der Waals surface area (Å²) in [6.07, 6.45) is 3.67. The summed E-state index contributed by atoms with van der Waals surface area (Å²) in [6.45, 7) is 4.39. The van der Waals surface area contributed by atoms with E-state index in [0.29, 0.717) is 6.54 Å². The number of benzene rings is 1. The van der Waals surface area contributed by atoms with Crippen molar-refractivity contribution < 1.29 is 4.39 Å². The molecular weight excluding hydrogens is 217 g/mol. The Kier molecular flexibility index (Phi) is 3.88. The number of rotatable bonds is 5. The molecule has 1 N–H and O–H groups in total. The van der Waals surface area contributed by atoms with Crippen LogP contribution in [-0.2, 0) is 19.6 Å². The van der Waals surface area contributed by atoms with Gasteiger partial charge in [0, 0.05) is 25.8 Å². The second-order valence-corrected chi connectivity index (χ2v) is 3.90. The maximum absolute atomic E-state index is 12.9. The maximum Gasteiger partial charge on any atom is 0.123 e. The van der Waals surface area contributed by atoms with Crippen LogP contribution in [0.3, 0.4) is 0 Å². The van der Waals surface area contributed by atoms with Crippen molar-refractivity contribution in [1.82, 2.24) is 14.9 Å². The molecule has 0 fully saturated rings. The smallest absolute Gasteiger partial charge is 0.123 e. The Morgan fingerprint density at radius 1 is 1.35 bits per heavy atom. The van der Waals surface area contributed by atoms with Gasteiger partial charge in [-0.15, -0.1) is 0 Å². The minimum Gasteiger partial charge on any atom is -0.334 e. The van der Waals surface area contributed by atoms with E-state index in [4.69, 9.17) is 0 Å². The van der Waals surface area contributed by atoms with Gasteiger partial charge < -0.3 is 9.88 Å². The molecule has 0 saturated heterocycles. The lowest BCUT2D eigenvalue weighted by Crippen LogP contribution is -2.15. The Balaban J connectivity index is 1.87. The van der Waals surface area contributed by atoms with Crippen LogP contribution in [0, 0.1) is 5.82 Å². The van der Waals surface area contributed by atoms with Crippen LogP contribution >= 0.6 is 0 Å². The van der Waals surface area contributed by atoms with Gasteiger partial charge in [-0.3, -0.25) is 0 Å². The van der Waals surface area contributed by atoms with E-state index in [2.05, 4.69) is 21.8 Å². The van der Waals surface area contributed by atoms with Crippen LogP contribution in [0.4, 0.5) is 4.39 Å². The second kappa shape index (κ2) is 5.59. The van der Waals surface area contributed by atoms with Gasteiger partial charge in [0.05, 0.1) is 12.0 Å². The lowest BCUT2D eigenvalue weighted by Gasteiger charge is -2.07. The third kappa shape index (κ3) is 3.14. The van der Waals surface area contributed by atoms with Gasteiger partial charge in [-0.25, -0.2) is 9.37 Å². The van der Waals surface area contributed by atoms with E-state index >= 15 is 0 Å². The first kappa shape index (κ1) is 11.8. The molecule has 90 valence electrons. The monoisotopic (exact) mass is 233 g/mol. The van der Waals surface area contributed by atoms with Gasteiger partial charge in [-0.1, -0.05) is 12.1 Å². The molecule has 0 aliphatic rings. The normalized spacial score (nSPS) is 10.7. The molecule has 0 spiro atoms. The third-order valence-electron chi connectivity index (χ3n) is 2.66. The zero-order valence-corrected chi connectivity index (χ0v) is 9.86. The average molecular weight is 233 g/mol. The zero-order valence-electron chi connectivity index (χ0n) is 9.86. The first-order valence-electron chi connectivity index (χ1n) is 5.73.